The zero-order chi connectivity index (χ0) is 19.9. The molecule has 0 saturated carbocycles. The van der Waals surface area contributed by atoms with Crippen molar-refractivity contribution in [1.29, 1.82) is 0 Å². The second kappa shape index (κ2) is 9.19. The average Bonchev–Trinajstić information content (AvgIpc) is 2.68. The van der Waals surface area contributed by atoms with Gasteiger partial charge in [0.05, 0.1) is 6.61 Å². The van der Waals surface area contributed by atoms with E-state index in [-0.39, 0.29) is 5.91 Å². The molecule has 1 amide bonds. The molecule has 3 rings (SSSR count). The summed E-state index contributed by atoms with van der Waals surface area (Å²) >= 11 is 5.88. The normalized spacial score (nSPS) is 10.4. The van der Waals surface area contributed by atoms with Crippen molar-refractivity contribution in [2.45, 2.75) is 20.4 Å². The van der Waals surface area contributed by atoms with Crippen LogP contribution in [0.5, 0.6) is 5.75 Å². The molecule has 0 radical (unpaired) electrons. The van der Waals surface area contributed by atoms with E-state index < -0.39 is 0 Å². The van der Waals surface area contributed by atoms with Crippen LogP contribution in [0.1, 0.15) is 28.7 Å². The molecular weight excluding hydrogens is 376 g/mol. The first-order valence-electron chi connectivity index (χ1n) is 8.91. The van der Waals surface area contributed by atoms with Crippen molar-refractivity contribution in [2.75, 3.05) is 11.9 Å². The highest BCUT2D eigenvalue weighted by Gasteiger charge is 2.11. The van der Waals surface area contributed by atoms with Crippen LogP contribution in [0.25, 0.3) is 0 Å². The minimum atomic E-state index is -0.268. The van der Waals surface area contributed by atoms with Crippen molar-refractivity contribution < 1.29 is 9.53 Å². The number of benzene rings is 2. The van der Waals surface area contributed by atoms with E-state index in [0.717, 1.165) is 17.0 Å². The lowest BCUT2D eigenvalue weighted by Gasteiger charge is -2.10. The number of anilines is 2. The van der Waals surface area contributed by atoms with Gasteiger partial charge in [0, 0.05) is 22.9 Å². The smallest absolute Gasteiger partial charge is 0.270 e. The van der Waals surface area contributed by atoms with Crippen LogP contribution in [0.3, 0.4) is 0 Å². The summed E-state index contributed by atoms with van der Waals surface area (Å²) in [7, 11) is 0. The predicted octanol–water partition coefficient (Wildman–Crippen LogP) is 4.51. The first-order chi connectivity index (χ1) is 13.5. The van der Waals surface area contributed by atoms with Gasteiger partial charge in [0.25, 0.3) is 5.91 Å². The molecule has 1 heterocycles. The lowest BCUT2D eigenvalue weighted by Crippen LogP contribution is -2.24. The lowest BCUT2D eigenvalue weighted by atomic mass is 10.2. The quantitative estimate of drug-likeness (QED) is 0.614. The Morgan fingerprint density at radius 2 is 1.79 bits per heavy atom. The summed E-state index contributed by atoms with van der Waals surface area (Å²) in [5.74, 6) is 0.886. The maximum absolute atomic E-state index is 12.5. The molecule has 0 unspecified atom stereocenters. The fourth-order valence-corrected chi connectivity index (χ4v) is 2.67. The van der Waals surface area contributed by atoms with Crippen molar-refractivity contribution in [3.63, 3.8) is 0 Å². The molecule has 0 aliphatic rings. The molecule has 2 N–H and O–H groups in total. The third-order valence-corrected chi connectivity index (χ3v) is 4.13. The van der Waals surface area contributed by atoms with Crippen molar-refractivity contribution in [2.24, 2.45) is 0 Å². The topological polar surface area (TPSA) is 76.1 Å². The summed E-state index contributed by atoms with van der Waals surface area (Å²) in [5.41, 5.74) is 2.76. The molecule has 0 spiro atoms. The second-order valence-electron chi connectivity index (χ2n) is 6.11. The van der Waals surface area contributed by atoms with Crippen LogP contribution in [0, 0.1) is 6.92 Å². The largest absolute Gasteiger partial charge is 0.494 e. The number of rotatable bonds is 7. The first-order valence-corrected chi connectivity index (χ1v) is 9.29. The highest BCUT2D eigenvalue weighted by atomic mass is 35.5. The Kier molecular flexibility index (Phi) is 6.45. The van der Waals surface area contributed by atoms with E-state index >= 15 is 0 Å². The van der Waals surface area contributed by atoms with Crippen LogP contribution < -0.4 is 15.4 Å². The summed E-state index contributed by atoms with van der Waals surface area (Å²) in [6, 6.07) is 16.4. The Hall–Kier alpha value is -3.12. The molecule has 144 valence electrons. The van der Waals surface area contributed by atoms with E-state index in [1.165, 1.54) is 0 Å². The standard InChI is InChI=1S/C21H21ClN4O2/c1-3-28-18-10-8-17(9-11-18)25-21-24-14(2)12-19(26-21)20(27)23-13-15-4-6-16(22)7-5-15/h4-12H,3,13H2,1-2H3,(H,23,27)(H,24,25,26). The van der Waals surface area contributed by atoms with Gasteiger partial charge in [-0.25, -0.2) is 9.97 Å². The van der Waals surface area contributed by atoms with E-state index in [4.69, 9.17) is 16.3 Å². The molecule has 7 heteroatoms. The zero-order valence-electron chi connectivity index (χ0n) is 15.7. The summed E-state index contributed by atoms with van der Waals surface area (Å²) in [6.07, 6.45) is 0. The monoisotopic (exact) mass is 396 g/mol. The van der Waals surface area contributed by atoms with Crippen molar-refractivity contribution in [3.05, 3.63) is 76.6 Å². The van der Waals surface area contributed by atoms with E-state index in [9.17, 15) is 4.79 Å². The van der Waals surface area contributed by atoms with Crippen molar-refractivity contribution in [3.8, 4) is 5.75 Å². The van der Waals surface area contributed by atoms with Crippen molar-refractivity contribution >= 4 is 29.1 Å². The van der Waals surface area contributed by atoms with Crippen LogP contribution >= 0.6 is 11.6 Å². The second-order valence-corrected chi connectivity index (χ2v) is 6.55. The molecule has 28 heavy (non-hydrogen) atoms. The third-order valence-electron chi connectivity index (χ3n) is 3.87. The Balaban J connectivity index is 1.67. The number of nitrogens with one attached hydrogen (secondary N) is 2. The van der Waals surface area contributed by atoms with Gasteiger partial charge in [-0.3, -0.25) is 4.79 Å². The maximum Gasteiger partial charge on any atom is 0.270 e. The fourth-order valence-electron chi connectivity index (χ4n) is 2.55. The first kappa shape index (κ1) is 19.6. The van der Waals surface area contributed by atoms with Gasteiger partial charge < -0.3 is 15.4 Å². The summed E-state index contributed by atoms with van der Waals surface area (Å²) in [6.45, 7) is 4.76. The Bertz CT molecular complexity index is 944. The van der Waals surface area contributed by atoms with Crippen LogP contribution in [0.2, 0.25) is 5.02 Å². The number of ether oxygens (including phenoxy) is 1. The molecule has 0 fully saturated rings. The highest BCUT2D eigenvalue weighted by Crippen LogP contribution is 2.19. The van der Waals surface area contributed by atoms with Gasteiger partial charge in [0.15, 0.2) is 0 Å². The number of aromatic nitrogens is 2. The number of hydrogen-bond donors (Lipinski definition) is 2. The van der Waals surface area contributed by atoms with Crippen LogP contribution in [-0.4, -0.2) is 22.5 Å². The maximum atomic E-state index is 12.5. The van der Waals surface area contributed by atoms with Crippen LogP contribution in [0.4, 0.5) is 11.6 Å². The fraction of sp³-hybridized carbons (Fsp3) is 0.190. The zero-order valence-corrected chi connectivity index (χ0v) is 16.5. The molecule has 0 atom stereocenters. The predicted molar refractivity (Wildman–Crippen MR) is 110 cm³/mol. The number of hydrogen-bond acceptors (Lipinski definition) is 5. The summed E-state index contributed by atoms with van der Waals surface area (Å²) in [4.78, 5) is 21.2. The molecule has 0 bridgehead atoms. The van der Waals surface area contributed by atoms with E-state index in [1.807, 2.05) is 50.2 Å². The van der Waals surface area contributed by atoms with Crippen molar-refractivity contribution in [1.82, 2.24) is 15.3 Å². The molecule has 0 saturated heterocycles. The highest BCUT2D eigenvalue weighted by molar-refractivity contribution is 6.30. The molecule has 2 aromatic carbocycles. The van der Waals surface area contributed by atoms with E-state index in [0.29, 0.717) is 35.5 Å². The molecule has 1 aromatic heterocycles. The number of aryl methyl sites for hydroxylation is 1. The van der Waals surface area contributed by atoms with E-state index in [2.05, 4.69) is 20.6 Å². The average molecular weight is 397 g/mol. The van der Waals surface area contributed by atoms with Gasteiger partial charge in [0.1, 0.15) is 11.4 Å². The third kappa shape index (κ3) is 5.44. The minimum Gasteiger partial charge on any atom is -0.494 e. The number of amides is 1. The van der Waals surface area contributed by atoms with Gasteiger partial charge in [0.2, 0.25) is 5.95 Å². The number of carbonyl (C=O) groups is 1. The number of halogens is 1. The Morgan fingerprint density at radius 1 is 1.07 bits per heavy atom. The molecule has 0 aliphatic carbocycles. The number of nitrogens with zero attached hydrogens (tertiary/aromatic N) is 2. The van der Waals surface area contributed by atoms with E-state index in [1.54, 1.807) is 18.2 Å². The molecular formula is C21H21ClN4O2. The lowest BCUT2D eigenvalue weighted by molar-refractivity contribution is 0.0945. The Labute approximate surface area is 168 Å². The van der Waals surface area contributed by atoms with Crippen LogP contribution in [-0.2, 0) is 6.54 Å². The van der Waals surface area contributed by atoms with Gasteiger partial charge in [-0.2, -0.15) is 0 Å². The summed E-state index contributed by atoms with van der Waals surface area (Å²) in [5, 5.41) is 6.63. The van der Waals surface area contributed by atoms with Gasteiger partial charge in [-0.15, -0.1) is 0 Å². The summed E-state index contributed by atoms with van der Waals surface area (Å²) < 4.78 is 5.43. The minimum absolute atomic E-state index is 0.268. The van der Waals surface area contributed by atoms with Gasteiger partial charge >= 0.3 is 0 Å². The van der Waals surface area contributed by atoms with Crippen LogP contribution in [0.15, 0.2) is 54.6 Å². The molecule has 0 aliphatic heterocycles. The molecule has 6 nitrogen and oxygen atoms in total. The SMILES string of the molecule is CCOc1ccc(Nc2nc(C)cc(C(=O)NCc3ccc(Cl)cc3)n2)cc1. The van der Waals surface area contributed by atoms with Gasteiger partial charge in [-0.1, -0.05) is 23.7 Å². The molecule has 3 aromatic rings. The van der Waals surface area contributed by atoms with Gasteiger partial charge in [-0.05, 0) is 61.9 Å². The number of carbonyl (C=O) groups excluding carboxylic acids is 1. The Morgan fingerprint density at radius 3 is 2.46 bits per heavy atom.